The molecule has 0 aromatic carbocycles. The second kappa shape index (κ2) is 64.6. The van der Waals surface area contributed by atoms with E-state index in [4.69, 9.17) is 14.2 Å². The molecule has 0 rings (SSSR count). The van der Waals surface area contributed by atoms with Crippen molar-refractivity contribution in [2.75, 3.05) is 13.2 Å². The number of allylic oxidation sites excluding steroid dienone is 26. The molecule has 78 heavy (non-hydrogen) atoms. The Morgan fingerprint density at radius 2 is 0.500 bits per heavy atom. The fourth-order valence-corrected chi connectivity index (χ4v) is 8.09. The van der Waals surface area contributed by atoms with Gasteiger partial charge in [-0.3, -0.25) is 14.4 Å². The minimum absolute atomic E-state index is 0.107. The van der Waals surface area contributed by atoms with Gasteiger partial charge in [0.2, 0.25) is 0 Å². The molecule has 0 saturated heterocycles. The van der Waals surface area contributed by atoms with Crippen LogP contribution in [0.25, 0.3) is 0 Å². The summed E-state index contributed by atoms with van der Waals surface area (Å²) >= 11 is 0. The molecule has 0 spiro atoms. The summed E-state index contributed by atoms with van der Waals surface area (Å²) in [6, 6.07) is 0. The van der Waals surface area contributed by atoms with Crippen molar-refractivity contribution >= 4 is 17.9 Å². The molecule has 0 aromatic rings. The zero-order valence-corrected chi connectivity index (χ0v) is 50.1. The summed E-state index contributed by atoms with van der Waals surface area (Å²) in [5.74, 6) is -0.969. The van der Waals surface area contributed by atoms with Crippen molar-refractivity contribution in [1.82, 2.24) is 0 Å². The lowest BCUT2D eigenvalue weighted by Gasteiger charge is -2.18. The first-order valence-corrected chi connectivity index (χ1v) is 31.5. The second-order valence-corrected chi connectivity index (χ2v) is 20.2. The number of rotatable bonds is 55. The predicted molar refractivity (Wildman–Crippen MR) is 338 cm³/mol. The number of esters is 3. The van der Waals surface area contributed by atoms with Crippen LogP contribution in [0, 0.1) is 0 Å². The average molecular weight is 1080 g/mol. The molecular formula is C72H114O6. The number of carbonyl (C=O) groups is 3. The molecular weight excluding hydrogens is 961 g/mol. The Labute approximate surface area is 480 Å². The third-order valence-electron chi connectivity index (χ3n) is 12.7. The molecule has 0 N–H and O–H groups in total. The summed E-state index contributed by atoms with van der Waals surface area (Å²) in [6.07, 6.45) is 93.9. The van der Waals surface area contributed by atoms with Gasteiger partial charge in [0.1, 0.15) is 13.2 Å². The summed E-state index contributed by atoms with van der Waals surface area (Å²) in [6.45, 7) is 6.33. The molecule has 438 valence electrons. The summed E-state index contributed by atoms with van der Waals surface area (Å²) < 4.78 is 16.8. The Hall–Kier alpha value is -4.97. The van der Waals surface area contributed by atoms with Crippen LogP contribution in [0.2, 0.25) is 0 Å². The highest BCUT2D eigenvalue weighted by atomic mass is 16.6. The van der Waals surface area contributed by atoms with Gasteiger partial charge in [0.05, 0.1) is 0 Å². The maximum Gasteiger partial charge on any atom is 0.306 e. The van der Waals surface area contributed by atoms with Gasteiger partial charge in [-0.15, -0.1) is 0 Å². The van der Waals surface area contributed by atoms with Crippen molar-refractivity contribution in [1.29, 1.82) is 0 Å². The number of hydrogen-bond acceptors (Lipinski definition) is 6. The summed E-state index contributed by atoms with van der Waals surface area (Å²) in [5.41, 5.74) is 0. The standard InChI is InChI=1S/C72H114O6/c1-4-7-10-13-16-19-22-25-27-29-30-31-32-33-34-35-36-37-38-39-40-41-42-43-45-47-50-53-56-59-62-65-71(74)77-68-69(67-76-70(73)64-61-58-55-52-49-46-24-21-18-15-12-9-6-3)78-72(75)66-63-60-57-54-51-48-44-28-26-23-20-17-14-11-8-5-2/h7,9-10,12,16,18-21,23,25,27-28,30-31,33-34,36-37,39-40,42-44,46,49,69H,4-6,8,11,13-15,17,22,24,26,29,32,35,38,41,45,47-48,50-68H2,1-3H3/b10-7-,12-9-,19-16-,21-18-,23-20-,27-25-,31-30-,34-33-,37-36-,40-39-,43-42-,44-28-,49-46-. The van der Waals surface area contributed by atoms with Gasteiger partial charge in [0, 0.05) is 19.3 Å². The fourth-order valence-electron chi connectivity index (χ4n) is 8.09. The molecule has 0 heterocycles. The average Bonchev–Trinajstić information content (AvgIpc) is 3.44. The van der Waals surface area contributed by atoms with E-state index in [0.29, 0.717) is 19.3 Å². The number of ether oxygens (including phenoxy) is 3. The molecule has 0 aliphatic heterocycles. The molecule has 0 amide bonds. The van der Waals surface area contributed by atoms with Crippen LogP contribution in [0.15, 0.2) is 158 Å². The molecule has 0 bridgehead atoms. The smallest absolute Gasteiger partial charge is 0.306 e. The van der Waals surface area contributed by atoms with E-state index < -0.39 is 6.10 Å². The van der Waals surface area contributed by atoms with Gasteiger partial charge in [-0.2, -0.15) is 0 Å². The van der Waals surface area contributed by atoms with Gasteiger partial charge >= 0.3 is 17.9 Å². The van der Waals surface area contributed by atoms with Crippen LogP contribution in [-0.2, 0) is 28.6 Å². The topological polar surface area (TPSA) is 78.9 Å². The Bertz CT molecular complexity index is 1760. The number of unbranched alkanes of at least 4 members (excludes halogenated alkanes) is 18. The summed E-state index contributed by atoms with van der Waals surface area (Å²) in [5, 5.41) is 0. The predicted octanol–water partition coefficient (Wildman–Crippen LogP) is 21.7. The SMILES string of the molecule is CC/C=C\C/C=C\C/C=C\C/C=C\C/C=C\C/C=C\C/C=C\C/C=C\CCCCCCCCC(=O)OCC(COC(=O)CCCCC/C=C\C/C=C\C/C=C\CC)OC(=O)CCCCCCC/C=C\C/C=C\CCCCCC. The molecule has 0 saturated carbocycles. The molecule has 0 aliphatic rings. The van der Waals surface area contributed by atoms with Gasteiger partial charge in [-0.05, 0) is 148 Å². The van der Waals surface area contributed by atoms with Crippen LogP contribution in [0.3, 0.4) is 0 Å². The summed E-state index contributed by atoms with van der Waals surface area (Å²) in [4.78, 5) is 38.2. The van der Waals surface area contributed by atoms with Crippen LogP contribution < -0.4 is 0 Å². The van der Waals surface area contributed by atoms with Crippen molar-refractivity contribution < 1.29 is 28.6 Å². The Kier molecular flexibility index (Phi) is 60.4. The van der Waals surface area contributed by atoms with E-state index in [2.05, 4.69) is 179 Å². The van der Waals surface area contributed by atoms with E-state index in [9.17, 15) is 14.4 Å². The van der Waals surface area contributed by atoms with Gasteiger partial charge < -0.3 is 14.2 Å². The van der Waals surface area contributed by atoms with E-state index in [0.717, 1.165) is 173 Å². The van der Waals surface area contributed by atoms with E-state index >= 15 is 0 Å². The lowest BCUT2D eigenvalue weighted by molar-refractivity contribution is -0.167. The largest absolute Gasteiger partial charge is 0.462 e. The van der Waals surface area contributed by atoms with E-state index in [1.807, 2.05) is 0 Å². The Balaban J connectivity index is 4.38. The third-order valence-corrected chi connectivity index (χ3v) is 12.7. The van der Waals surface area contributed by atoms with Gasteiger partial charge in [-0.25, -0.2) is 0 Å². The summed E-state index contributed by atoms with van der Waals surface area (Å²) in [7, 11) is 0. The van der Waals surface area contributed by atoms with Crippen molar-refractivity contribution in [3.05, 3.63) is 158 Å². The molecule has 6 heteroatoms. The minimum Gasteiger partial charge on any atom is -0.462 e. The van der Waals surface area contributed by atoms with Crippen LogP contribution in [0.4, 0.5) is 0 Å². The first-order valence-electron chi connectivity index (χ1n) is 31.5. The minimum atomic E-state index is -0.812. The monoisotopic (exact) mass is 1070 g/mol. The van der Waals surface area contributed by atoms with Crippen LogP contribution in [0.1, 0.15) is 258 Å². The highest BCUT2D eigenvalue weighted by molar-refractivity contribution is 5.71. The van der Waals surface area contributed by atoms with Crippen molar-refractivity contribution in [3.8, 4) is 0 Å². The molecule has 0 aromatic heterocycles. The number of carbonyl (C=O) groups excluding carboxylic acids is 3. The normalized spacial score (nSPS) is 13.2. The molecule has 0 aliphatic carbocycles. The maximum absolute atomic E-state index is 12.9. The molecule has 0 fully saturated rings. The van der Waals surface area contributed by atoms with Crippen molar-refractivity contribution in [3.63, 3.8) is 0 Å². The maximum atomic E-state index is 12.9. The lowest BCUT2D eigenvalue weighted by atomic mass is 10.1. The quantitative estimate of drug-likeness (QED) is 0.0261. The van der Waals surface area contributed by atoms with Crippen LogP contribution in [0.5, 0.6) is 0 Å². The van der Waals surface area contributed by atoms with Gasteiger partial charge in [0.25, 0.3) is 0 Å². The Morgan fingerprint density at radius 3 is 0.795 bits per heavy atom. The molecule has 0 radical (unpaired) electrons. The van der Waals surface area contributed by atoms with Crippen LogP contribution >= 0.6 is 0 Å². The Morgan fingerprint density at radius 1 is 0.269 bits per heavy atom. The zero-order chi connectivity index (χ0) is 56.4. The van der Waals surface area contributed by atoms with Gasteiger partial charge in [-0.1, -0.05) is 249 Å². The van der Waals surface area contributed by atoms with Crippen LogP contribution in [-0.4, -0.2) is 37.2 Å². The second-order valence-electron chi connectivity index (χ2n) is 20.2. The fraction of sp³-hybridized carbons (Fsp3) is 0.597. The first kappa shape index (κ1) is 73.0. The zero-order valence-electron chi connectivity index (χ0n) is 50.1. The highest BCUT2D eigenvalue weighted by Gasteiger charge is 2.19. The van der Waals surface area contributed by atoms with E-state index in [-0.39, 0.29) is 31.1 Å². The molecule has 1 unspecified atom stereocenters. The van der Waals surface area contributed by atoms with E-state index in [1.54, 1.807) is 0 Å². The van der Waals surface area contributed by atoms with E-state index in [1.165, 1.54) is 44.9 Å². The molecule has 1 atom stereocenters. The number of hydrogen-bond donors (Lipinski definition) is 0. The molecule has 6 nitrogen and oxygen atoms in total. The van der Waals surface area contributed by atoms with Crippen molar-refractivity contribution in [2.24, 2.45) is 0 Å². The third kappa shape index (κ3) is 61.9. The van der Waals surface area contributed by atoms with Gasteiger partial charge in [0.15, 0.2) is 6.10 Å². The van der Waals surface area contributed by atoms with Crippen molar-refractivity contribution in [2.45, 2.75) is 264 Å². The highest BCUT2D eigenvalue weighted by Crippen LogP contribution is 2.13. The first-order chi connectivity index (χ1) is 38.5. The lowest BCUT2D eigenvalue weighted by Crippen LogP contribution is -2.30.